The molecular formula is C18H16FN5. The van der Waals surface area contributed by atoms with Crippen molar-refractivity contribution in [3.8, 4) is 11.3 Å². The molecule has 24 heavy (non-hydrogen) atoms. The number of nitrogens with zero attached hydrogens (tertiary/aromatic N) is 2. The van der Waals surface area contributed by atoms with Gasteiger partial charge in [0.15, 0.2) is 0 Å². The summed E-state index contributed by atoms with van der Waals surface area (Å²) in [4.78, 5) is 7.70. The van der Waals surface area contributed by atoms with Crippen LogP contribution in [0.25, 0.3) is 22.3 Å². The number of fused-ring (bicyclic) bond motifs is 1. The standard InChI is InChI=1S/C18H16FN5/c1-11-6-16(24-23-11)10-20-15-7-13-8-17(22-18(13)21-9-15)12-2-4-14(19)5-3-12/h2-9,20H,10H2,1H3,(H,21,22)(H,23,24). The largest absolute Gasteiger partial charge is 0.378 e. The highest BCUT2D eigenvalue weighted by molar-refractivity contribution is 5.85. The van der Waals surface area contributed by atoms with Gasteiger partial charge in [0.1, 0.15) is 11.5 Å². The number of benzene rings is 1. The fraction of sp³-hybridized carbons (Fsp3) is 0.111. The fourth-order valence-electron chi connectivity index (χ4n) is 2.65. The topological polar surface area (TPSA) is 69.4 Å². The second-order valence-electron chi connectivity index (χ2n) is 5.75. The molecule has 3 aromatic heterocycles. The third-order valence-corrected chi connectivity index (χ3v) is 3.86. The van der Waals surface area contributed by atoms with E-state index in [1.165, 1.54) is 12.1 Å². The Hall–Kier alpha value is -3.15. The van der Waals surface area contributed by atoms with E-state index in [0.717, 1.165) is 39.4 Å². The second-order valence-corrected chi connectivity index (χ2v) is 5.75. The van der Waals surface area contributed by atoms with Gasteiger partial charge in [0.25, 0.3) is 0 Å². The molecule has 3 N–H and O–H groups in total. The van der Waals surface area contributed by atoms with Crippen LogP contribution in [0.4, 0.5) is 10.1 Å². The second kappa shape index (κ2) is 5.81. The smallest absolute Gasteiger partial charge is 0.137 e. The highest BCUT2D eigenvalue weighted by Gasteiger charge is 2.06. The average Bonchev–Trinajstić information content (AvgIpc) is 3.19. The van der Waals surface area contributed by atoms with Gasteiger partial charge in [0.05, 0.1) is 24.1 Å². The van der Waals surface area contributed by atoms with Gasteiger partial charge in [0, 0.05) is 16.8 Å². The highest BCUT2D eigenvalue weighted by Crippen LogP contribution is 2.25. The van der Waals surface area contributed by atoms with Crippen molar-refractivity contribution in [1.29, 1.82) is 0 Å². The monoisotopic (exact) mass is 321 g/mol. The molecule has 0 fully saturated rings. The zero-order chi connectivity index (χ0) is 16.5. The Kier molecular flexibility index (Phi) is 3.49. The summed E-state index contributed by atoms with van der Waals surface area (Å²) in [6.45, 7) is 2.60. The van der Waals surface area contributed by atoms with Crippen LogP contribution in [0.1, 0.15) is 11.4 Å². The van der Waals surface area contributed by atoms with Crippen molar-refractivity contribution in [1.82, 2.24) is 20.2 Å². The number of nitrogens with one attached hydrogen (secondary N) is 3. The van der Waals surface area contributed by atoms with E-state index in [1.54, 1.807) is 18.3 Å². The Morgan fingerprint density at radius 2 is 1.96 bits per heavy atom. The van der Waals surface area contributed by atoms with Gasteiger partial charge in [-0.15, -0.1) is 0 Å². The SMILES string of the molecule is Cc1cc(CNc2cnc3[nH]c(-c4ccc(F)cc4)cc3c2)n[nH]1. The molecule has 0 radical (unpaired) electrons. The molecule has 0 amide bonds. The molecule has 3 heterocycles. The van der Waals surface area contributed by atoms with Crippen molar-refractivity contribution >= 4 is 16.7 Å². The molecule has 1 aromatic carbocycles. The van der Waals surface area contributed by atoms with Gasteiger partial charge in [0.2, 0.25) is 0 Å². The molecule has 0 aliphatic rings. The minimum absolute atomic E-state index is 0.243. The molecule has 5 nitrogen and oxygen atoms in total. The lowest BCUT2D eigenvalue weighted by molar-refractivity contribution is 0.628. The first-order valence-electron chi connectivity index (χ1n) is 7.67. The number of H-pyrrole nitrogens is 2. The van der Waals surface area contributed by atoms with Crippen LogP contribution in [0.15, 0.2) is 48.7 Å². The zero-order valence-corrected chi connectivity index (χ0v) is 13.1. The van der Waals surface area contributed by atoms with Gasteiger partial charge in [-0.05, 0) is 55.0 Å². The molecular weight excluding hydrogens is 305 g/mol. The predicted octanol–water partition coefficient (Wildman–Crippen LogP) is 4.01. The molecule has 120 valence electrons. The number of aromatic amines is 2. The number of halogens is 1. The molecule has 0 bridgehead atoms. The average molecular weight is 321 g/mol. The van der Waals surface area contributed by atoms with E-state index in [1.807, 2.05) is 25.1 Å². The molecule has 0 unspecified atom stereocenters. The minimum Gasteiger partial charge on any atom is -0.378 e. The lowest BCUT2D eigenvalue weighted by Crippen LogP contribution is -2.00. The van der Waals surface area contributed by atoms with Crippen molar-refractivity contribution in [3.63, 3.8) is 0 Å². The molecule has 4 rings (SSSR count). The van der Waals surface area contributed by atoms with Gasteiger partial charge >= 0.3 is 0 Å². The van der Waals surface area contributed by atoms with Gasteiger partial charge < -0.3 is 10.3 Å². The van der Waals surface area contributed by atoms with Crippen molar-refractivity contribution in [3.05, 3.63) is 65.9 Å². The summed E-state index contributed by atoms with van der Waals surface area (Å²) in [7, 11) is 0. The minimum atomic E-state index is -0.243. The Labute approximate surface area is 137 Å². The van der Waals surface area contributed by atoms with Crippen molar-refractivity contribution in [2.45, 2.75) is 13.5 Å². The van der Waals surface area contributed by atoms with Crippen molar-refractivity contribution in [2.24, 2.45) is 0 Å². The first-order chi connectivity index (χ1) is 11.7. The van der Waals surface area contributed by atoms with Gasteiger partial charge in [-0.1, -0.05) is 0 Å². The first kappa shape index (κ1) is 14.4. The third-order valence-electron chi connectivity index (χ3n) is 3.86. The molecule has 0 saturated heterocycles. The van der Waals surface area contributed by atoms with E-state index in [4.69, 9.17) is 0 Å². The third kappa shape index (κ3) is 2.86. The molecule has 0 atom stereocenters. The Bertz CT molecular complexity index is 984. The van der Waals surface area contributed by atoms with Crippen molar-refractivity contribution in [2.75, 3.05) is 5.32 Å². The van der Waals surface area contributed by atoms with Crippen LogP contribution < -0.4 is 5.32 Å². The van der Waals surface area contributed by atoms with Gasteiger partial charge in [-0.25, -0.2) is 9.37 Å². The molecule has 6 heteroatoms. The van der Waals surface area contributed by atoms with E-state index in [-0.39, 0.29) is 5.82 Å². The maximum Gasteiger partial charge on any atom is 0.137 e. The number of pyridine rings is 1. The van der Waals surface area contributed by atoms with E-state index in [9.17, 15) is 4.39 Å². The maximum absolute atomic E-state index is 13.0. The molecule has 0 aliphatic heterocycles. The lowest BCUT2D eigenvalue weighted by atomic mass is 10.1. The molecule has 0 spiro atoms. The lowest BCUT2D eigenvalue weighted by Gasteiger charge is -2.03. The summed E-state index contributed by atoms with van der Waals surface area (Å²) < 4.78 is 13.0. The summed E-state index contributed by atoms with van der Waals surface area (Å²) in [6, 6.07) is 12.4. The number of rotatable bonds is 4. The Morgan fingerprint density at radius 1 is 1.12 bits per heavy atom. The van der Waals surface area contributed by atoms with E-state index < -0.39 is 0 Å². The fourth-order valence-corrected chi connectivity index (χ4v) is 2.65. The van der Waals surface area contributed by atoms with Gasteiger partial charge in [-0.3, -0.25) is 5.10 Å². The van der Waals surface area contributed by atoms with Crippen LogP contribution in [-0.2, 0) is 6.54 Å². The van der Waals surface area contributed by atoms with E-state index in [0.29, 0.717) is 6.54 Å². The number of hydrogen-bond donors (Lipinski definition) is 3. The molecule has 0 aliphatic carbocycles. The quantitative estimate of drug-likeness (QED) is 0.532. The molecule has 0 saturated carbocycles. The summed E-state index contributed by atoms with van der Waals surface area (Å²) in [5.41, 5.74) is 5.56. The number of aryl methyl sites for hydroxylation is 1. The van der Waals surface area contributed by atoms with Crippen LogP contribution in [0.3, 0.4) is 0 Å². The molecule has 4 aromatic rings. The zero-order valence-electron chi connectivity index (χ0n) is 13.1. The van der Waals surface area contributed by atoms with Gasteiger partial charge in [-0.2, -0.15) is 5.10 Å². The van der Waals surface area contributed by atoms with Crippen LogP contribution in [0.2, 0.25) is 0 Å². The number of anilines is 1. The van der Waals surface area contributed by atoms with Crippen molar-refractivity contribution < 1.29 is 4.39 Å². The van der Waals surface area contributed by atoms with E-state index in [2.05, 4.69) is 25.5 Å². The van der Waals surface area contributed by atoms with Crippen LogP contribution in [-0.4, -0.2) is 20.2 Å². The summed E-state index contributed by atoms with van der Waals surface area (Å²) in [5.74, 6) is -0.243. The normalized spacial score (nSPS) is 11.1. The van der Waals surface area contributed by atoms with Crippen LogP contribution >= 0.6 is 0 Å². The summed E-state index contributed by atoms with van der Waals surface area (Å²) in [5, 5.41) is 11.4. The Morgan fingerprint density at radius 3 is 2.71 bits per heavy atom. The van der Waals surface area contributed by atoms with Crippen LogP contribution in [0.5, 0.6) is 0 Å². The maximum atomic E-state index is 13.0. The van der Waals surface area contributed by atoms with E-state index >= 15 is 0 Å². The number of hydrogen-bond acceptors (Lipinski definition) is 3. The predicted molar refractivity (Wildman–Crippen MR) is 92.1 cm³/mol. The first-order valence-corrected chi connectivity index (χ1v) is 7.67. The number of aromatic nitrogens is 4. The Balaban J connectivity index is 1.57. The van der Waals surface area contributed by atoms with Crippen LogP contribution in [0, 0.1) is 12.7 Å². The summed E-state index contributed by atoms with van der Waals surface area (Å²) in [6.07, 6.45) is 1.78. The highest BCUT2D eigenvalue weighted by atomic mass is 19.1. The summed E-state index contributed by atoms with van der Waals surface area (Å²) >= 11 is 0.